The molecule has 0 heterocycles. The summed E-state index contributed by atoms with van der Waals surface area (Å²) >= 11 is 3.56. The Bertz CT molecular complexity index is 648. The Morgan fingerprint density at radius 2 is 2.25 bits per heavy atom. The van der Waals surface area contributed by atoms with Crippen molar-refractivity contribution in [1.82, 2.24) is 5.32 Å². The van der Waals surface area contributed by atoms with Crippen molar-refractivity contribution in [2.45, 2.75) is 49.7 Å². The Morgan fingerprint density at radius 3 is 2.92 bits per heavy atom. The van der Waals surface area contributed by atoms with Crippen molar-refractivity contribution < 1.29 is 9.90 Å². The molecule has 4 saturated carbocycles. The Morgan fingerprint density at radius 1 is 1.42 bits per heavy atom. The van der Waals surface area contributed by atoms with Gasteiger partial charge in [-0.25, -0.2) is 0 Å². The highest BCUT2D eigenvalue weighted by Crippen LogP contribution is 2.64. The lowest BCUT2D eigenvalue weighted by Gasteiger charge is -2.47. The molecule has 0 saturated heterocycles. The molecule has 0 aromatic heterocycles. The number of halogens is 1. The molecule has 5 rings (SSSR count). The number of aliphatic hydroxyl groups excluding tert-OH is 1. The van der Waals surface area contributed by atoms with E-state index in [1.54, 1.807) is 0 Å². The van der Waals surface area contributed by atoms with Gasteiger partial charge in [0.2, 0.25) is 5.91 Å². The summed E-state index contributed by atoms with van der Waals surface area (Å²) in [5.74, 6) is 0.860. The van der Waals surface area contributed by atoms with Gasteiger partial charge in [0.1, 0.15) is 0 Å². The van der Waals surface area contributed by atoms with Gasteiger partial charge in [-0.1, -0.05) is 28.1 Å². The summed E-state index contributed by atoms with van der Waals surface area (Å²) in [4.78, 5) is 12.9. The Kier molecular flexibility index (Phi) is 4.22. The van der Waals surface area contributed by atoms with Gasteiger partial charge in [-0.05, 0) is 55.7 Å². The van der Waals surface area contributed by atoms with Gasteiger partial charge < -0.3 is 16.2 Å². The van der Waals surface area contributed by atoms with Crippen LogP contribution in [0.4, 0.5) is 0 Å². The van der Waals surface area contributed by atoms with Crippen molar-refractivity contribution in [3.8, 4) is 0 Å². The van der Waals surface area contributed by atoms with Crippen molar-refractivity contribution in [2.24, 2.45) is 23.5 Å². The van der Waals surface area contributed by atoms with Crippen LogP contribution in [-0.4, -0.2) is 29.7 Å². The van der Waals surface area contributed by atoms with Gasteiger partial charge in [0.05, 0.1) is 12.0 Å². The van der Waals surface area contributed by atoms with E-state index >= 15 is 0 Å². The van der Waals surface area contributed by atoms with E-state index in [2.05, 4.69) is 39.4 Å². The van der Waals surface area contributed by atoms with Crippen LogP contribution in [0.1, 0.15) is 37.7 Å². The number of nitrogens with one attached hydrogen (secondary N) is 1. The fourth-order valence-electron chi connectivity index (χ4n) is 5.38. The third-order valence-electron chi connectivity index (χ3n) is 6.57. The Hall–Kier alpha value is -0.910. The summed E-state index contributed by atoms with van der Waals surface area (Å²) < 4.78 is 1.08. The lowest BCUT2D eigenvalue weighted by Crippen LogP contribution is -2.53. The molecule has 6 atom stereocenters. The minimum atomic E-state index is -0.377. The van der Waals surface area contributed by atoms with Crippen molar-refractivity contribution in [2.75, 3.05) is 6.54 Å². The molecule has 1 aromatic rings. The van der Waals surface area contributed by atoms with Gasteiger partial charge in [0, 0.05) is 28.4 Å². The minimum Gasteiger partial charge on any atom is -0.393 e. The second-order valence-electron chi connectivity index (χ2n) is 7.95. The first kappa shape index (κ1) is 16.6. The number of benzene rings is 1. The van der Waals surface area contributed by atoms with Crippen LogP contribution in [0, 0.1) is 17.8 Å². The van der Waals surface area contributed by atoms with Gasteiger partial charge in [-0.3, -0.25) is 4.79 Å². The van der Waals surface area contributed by atoms with Crippen molar-refractivity contribution in [1.29, 1.82) is 0 Å². The van der Waals surface area contributed by atoms with E-state index < -0.39 is 0 Å². The molecule has 0 spiro atoms. The third kappa shape index (κ3) is 2.61. The van der Waals surface area contributed by atoms with E-state index in [1.165, 1.54) is 5.56 Å². The smallest absolute Gasteiger partial charge is 0.224 e. The number of aliphatic hydroxyl groups is 1. The van der Waals surface area contributed by atoms with Gasteiger partial charge in [0.25, 0.3) is 0 Å². The number of hydrogen-bond donors (Lipinski definition) is 3. The molecule has 0 aliphatic heterocycles. The first-order chi connectivity index (χ1) is 11.5. The summed E-state index contributed by atoms with van der Waals surface area (Å²) in [5, 5.41) is 13.1. The van der Waals surface area contributed by atoms with Crippen molar-refractivity contribution in [3.05, 3.63) is 34.3 Å². The zero-order valence-electron chi connectivity index (χ0n) is 13.7. The van der Waals surface area contributed by atoms with Crippen LogP contribution in [0.25, 0.3) is 0 Å². The predicted octanol–water partition coefficient (Wildman–Crippen LogP) is 2.33. The molecule has 0 unspecified atom stereocenters. The zero-order valence-corrected chi connectivity index (χ0v) is 15.3. The average molecular weight is 393 g/mol. The molecule has 4 nitrogen and oxygen atoms in total. The first-order valence-corrected chi connectivity index (χ1v) is 9.76. The Labute approximate surface area is 151 Å². The molecule has 4 aliphatic rings. The van der Waals surface area contributed by atoms with E-state index in [0.717, 1.165) is 30.2 Å². The fourth-order valence-corrected chi connectivity index (χ4v) is 5.78. The van der Waals surface area contributed by atoms with Crippen LogP contribution in [-0.2, 0) is 10.2 Å². The van der Waals surface area contributed by atoms with E-state index in [-0.39, 0.29) is 35.3 Å². The van der Waals surface area contributed by atoms with Crippen LogP contribution in [0.2, 0.25) is 0 Å². The molecular formula is C19H25BrN2O2. The maximum atomic E-state index is 12.9. The quantitative estimate of drug-likeness (QED) is 0.735. The molecule has 4 fully saturated rings. The van der Waals surface area contributed by atoms with Crippen LogP contribution < -0.4 is 11.1 Å². The number of hydrogen-bond acceptors (Lipinski definition) is 3. The topological polar surface area (TPSA) is 75.3 Å². The van der Waals surface area contributed by atoms with Crippen molar-refractivity contribution >= 4 is 21.8 Å². The molecule has 24 heavy (non-hydrogen) atoms. The normalized spacial score (nSPS) is 40.4. The molecule has 4 aliphatic carbocycles. The number of amides is 1. The van der Waals surface area contributed by atoms with Crippen LogP contribution in [0.15, 0.2) is 28.7 Å². The molecule has 0 radical (unpaired) electrons. The standard InChI is InChI=1S/C19H25BrN2O2/c20-14-3-1-2-13(7-14)19-5-4-11(9-19)17(19)18(24)22-10-12-6-15(21)8-16(12)23/h1-3,7,11-12,15-17,23H,4-6,8-10,21H2,(H,22,24)/t11-,12-,15+,16-,17+,19+/m1/s1. The summed E-state index contributed by atoms with van der Waals surface area (Å²) in [5.41, 5.74) is 7.21. The van der Waals surface area contributed by atoms with Gasteiger partial charge in [0.15, 0.2) is 0 Å². The number of carbonyl (C=O) groups excluding carboxylic acids is 1. The van der Waals surface area contributed by atoms with Crippen LogP contribution >= 0.6 is 15.9 Å². The second kappa shape index (κ2) is 6.11. The number of carbonyl (C=O) groups is 1. The number of fused-ring (bicyclic) bond motifs is 1. The van der Waals surface area contributed by atoms with Crippen molar-refractivity contribution in [3.63, 3.8) is 0 Å². The molecule has 1 aromatic carbocycles. The highest BCUT2D eigenvalue weighted by molar-refractivity contribution is 9.10. The second-order valence-corrected chi connectivity index (χ2v) is 8.87. The monoisotopic (exact) mass is 392 g/mol. The summed E-state index contributed by atoms with van der Waals surface area (Å²) in [6.07, 6.45) is 4.43. The maximum Gasteiger partial charge on any atom is 0.224 e. The van der Waals surface area contributed by atoms with E-state index in [4.69, 9.17) is 5.73 Å². The summed E-state index contributed by atoms with van der Waals surface area (Å²) in [6, 6.07) is 8.49. The van der Waals surface area contributed by atoms with E-state index in [0.29, 0.717) is 18.9 Å². The highest BCUT2D eigenvalue weighted by atomic mass is 79.9. The molecule has 130 valence electrons. The molecule has 4 N–H and O–H groups in total. The van der Waals surface area contributed by atoms with Crippen LogP contribution in [0.3, 0.4) is 0 Å². The maximum absolute atomic E-state index is 12.9. The highest BCUT2D eigenvalue weighted by Gasteiger charge is 2.62. The first-order valence-electron chi connectivity index (χ1n) is 8.97. The van der Waals surface area contributed by atoms with E-state index in [1.807, 2.05) is 6.07 Å². The zero-order chi connectivity index (χ0) is 16.9. The predicted molar refractivity (Wildman–Crippen MR) is 96.4 cm³/mol. The lowest BCUT2D eigenvalue weighted by atomic mass is 9.56. The molecule has 2 bridgehead atoms. The molecular weight excluding hydrogens is 368 g/mol. The third-order valence-corrected chi connectivity index (χ3v) is 7.06. The SMILES string of the molecule is N[C@H]1C[C@H](CNC(=O)[C@@H]2[C@@H]3CC[C@@]2(c2cccc(Br)c2)C3)[C@H](O)C1. The summed E-state index contributed by atoms with van der Waals surface area (Å²) in [7, 11) is 0. The lowest BCUT2D eigenvalue weighted by molar-refractivity contribution is -0.133. The van der Waals surface area contributed by atoms with Gasteiger partial charge in [-0.15, -0.1) is 0 Å². The number of rotatable bonds is 4. The average Bonchev–Trinajstić information content (AvgIpc) is 3.19. The molecule has 1 amide bonds. The van der Waals surface area contributed by atoms with Gasteiger partial charge >= 0.3 is 0 Å². The minimum absolute atomic E-state index is 0.0171. The fraction of sp³-hybridized carbons (Fsp3) is 0.632. The molecule has 5 heteroatoms. The Balaban J connectivity index is 1.45. The van der Waals surface area contributed by atoms with Gasteiger partial charge in [-0.2, -0.15) is 0 Å². The largest absolute Gasteiger partial charge is 0.393 e. The number of nitrogens with two attached hydrogens (primary N) is 1. The van der Waals surface area contributed by atoms with Crippen LogP contribution in [0.5, 0.6) is 0 Å². The summed E-state index contributed by atoms with van der Waals surface area (Å²) in [6.45, 7) is 0.547. The van der Waals surface area contributed by atoms with E-state index in [9.17, 15) is 9.90 Å².